The van der Waals surface area contributed by atoms with Gasteiger partial charge in [-0.15, -0.1) is 0 Å². The van der Waals surface area contributed by atoms with Crippen molar-refractivity contribution in [3.8, 4) is 5.88 Å². The van der Waals surface area contributed by atoms with Crippen LogP contribution in [0.2, 0.25) is 0 Å². The summed E-state index contributed by atoms with van der Waals surface area (Å²) in [5.74, 6) is 0.595. The first kappa shape index (κ1) is 10.8. The Hall–Kier alpha value is -1.75. The Bertz CT molecular complexity index is 490. The monoisotopic (exact) mass is 233 g/mol. The van der Waals surface area contributed by atoms with Crippen molar-refractivity contribution in [3.63, 3.8) is 0 Å². The van der Waals surface area contributed by atoms with Gasteiger partial charge in [-0.3, -0.25) is 4.98 Å². The molecule has 0 aliphatic carbocycles. The summed E-state index contributed by atoms with van der Waals surface area (Å²) in [6.45, 7) is 0. The van der Waals surface area contributed by atoms with Gasteiger partial charge in [0.2, 0.25) is 5.88 Å². The quantitative estimate of drug-likeness (QED) is 0.880. The Morgan fingerprint density at radius 3 is 2.94 bits per heavy atom. The summed E-state index contributed by atoms with van der Waals surface area (Å²) in [7, 11) is 1.59. The number of pyridine rings is 2. The lowest BCUT2D eigenvalue weighted by atomic mass is 10.4. The zero-order valence-electron chi connectivity index (χ0n) is 8.75. The maximum atomic E-state index is 5.80. The summed E-state index contributed by atoms with van der Waals surface area (Å²) in [4.78, 5) is 9.17. The molecular formula is C11H11N3OS. The minimum Gasteiger partial charge on any atom is -0.481 e. The van der Waals surface area contributed by atoms with E-state index < -0.39 is 0 Å². The Labute approximate surface area is 97.9 Å². The first-order valence-electron chi connectivity index (χ1n) is 4.68. The number of methoxy groups -OCH3 is 1. The smallest absolute Gasteiger partial charge is 0.213 e. The first-order valence-corrected chi connectivity index (χ1v) is 5.49. The van der Waals surface area contributed by atoms with Gasteiger partial charge in [0, 0.05) is 17.2 Å². The van der Waals surface area contributed by atoms with Crippen LogP contribution < -0.4 is 10.5 Å². The van der Waals surface area contributed by atoms with Gasteiger partial charge in [-0.1, -0.05) is 17.8 Å². The third-order valence-electron chi connectivity index (χ3n) is 1.93. The molecule has 82 valence electrons. The number of rotatable bonds is 3. The highest BCUT2D eigenvalue weighted by Gasteiger charge is 2.03. The van der Waals surface area contributed by atoms with Crippen molar-refractivity contribution in [2.24, 2.45) is 0 Å². The van der Waals surface area contributed by atoms with Crippen molar-refractivity contribution in [3.05, 3.63) is 36.7 Å². The average molecular weight is 233 g/mol. The second-order valence-corrected chi connectivity index (χ2v) is 4.10. The first-order chi connectivity index (χ1) is 7.79. The molecule has 0 amide bonds. The number of hydrogen-bond acceptors (Lipinski definition) is 5. The fourth-order valence-corrected chi connectivity index (χ4v) is 1.97. The van der Waals surface area contributed by atoms with E-state index in [4.69, 9.17) is 10.5 Å². The van der Waals surface area contributed by atoms with Crippen LogP contribution in [-0.4, -0.2) is 17.1 Å². The van der Waals surface area contributed by atoms with Crippen LogP contribution in [0.1, 0.15) is 0 Å². The van der Waals surface area contributed by atoms with Crippen LogP contribution in [0.3, 0.4) is 0 Å². The number of nitrogens with zero attached hydrogens (tertiary/aromatic N) is 2. The molecule has 0 aliphatic heterocycles. The summed E-state index contributed by atoms with van der Waals surface area (Å²) < 4.78 is 5.05. The van der Waals surface area contributed by atoms with E-state index in [2.05, 4.69) is 9.97 Å². The van der Waals surface area contributed by atoms with Crippen LogP contribution in [0, 0.1) is 0 Å². The largest absolute Gasteiger partial charge is 0.481 e. The zero-order chi connectivity index (χ0) is 11.4. The van der Waals surface area contributed by atoms with E-state index in [1.165, 1.54) is 11.8 Å². The molecule has 0 spiro atoms. The lowest BCUT2D eigenvalue weighted by Crippen LogP contribution is -1.91. The summed E-state index contributed by atoms with van der Waals surface area (Å²) in [5.41, 5.74) is 6.45. The van der Waals surface area contributed by atoms with Gasteiger partial charge >= 0.3 is 0 Å². The molecule has 0 atom stereocenters. The van der Waals surface area contributed by atoms with Gasteiger partial charge in [0.25, 0.3) is 0 Å². The Kier molecular flexibility index (Phi) is 3.26. The molecule has 5 heteroatoms. The second kappa shape index (κ2) is 4.85. The maximum Gasteiger partial charge on any atom is 0.213 e. The number of anilines is 1. The maximum absolute atomic E-state index is 5.80. The van der Waals surface area contributed by atoms with E-state index in [1.807, 2.05) is 18.2 Å². The number of aromatic nitrogens is 2. The molecule has 0 fully saturated rings. The molecule has 16 heavy (non-hydrogen) atoms. The van der Waals surface area contributed by atoms with Crippen LogP contribution in [-0.2, 0) is 0 Å². The highest BCUT2D eigenvalue weighted by molar-refractivity contribution is 7.99. The van der Waals surface area contributed by atoms with Crippen molar-refractivity contribution in [1.82, 2.24) is 9.97 Å². The molecule has 0 aliphatic rings. The summed E-state index contributed by atoms with van der Waals surface area (Å²) in [6, 6.07) is 7.47. The van der Waals surface area contributed by atoms with E-state index >= 15 is 0 Å². The van der Waals surface area contributed by atoms with Gasteiger partial charge < -0.3 is 10.5 Å². The molecule has 0 saturated carbocycles. The predicted molar refractivity (Wildman–Crippen MR) is 63.6 cm³/mol. The van der Waals surface area contributed by atoms with Crippen LogP contribution in [0.25, 0.3) is 0 Å². The van der Waals surface area contributed by atoms with Crippen LogP contribution in [0.4, 0.5) is 5.69 Å². The number of ether oxygens (including phenoxy) is 1. The summed E-state index contributed by atoms with van der Waals surface area (Å²) in [5, 5.41) is 0.845. The second-order valence-electron chi connectivity index (χ2n) is 3.03. The molecule has 2 aromatic rings. The van der Waals surface area contributed by atoms with E-state index in [0.717, 1.165) is 9.92 Å². The molecule has 4 nitrogen and oxygen atoms in total. The van der Waals surface area contributed by atoms with Gasteiger partial charge in [0.15, 0.2) is 0 Å². The van der Waals surface area contributed by atoms with Crippen molar-refractivity contribution >= 4 is 17.4 Å². The van der Waals surface area contributed by atoms with Crippen molar-refractivity contribution < 1.29 is 4.74 Å². The van der Waals surface area contributed by atoms with Crippen molar-refractivity contribution in [2.75, 3.05) is 12.8 Å². The lowest BCUT2D eigenvalue weighted by Gasteiger charge is -2.04. The third-order valence-corrected chi connectivity index (χ3v) is 2.96. The standard InChI is InChI=1S/C11H11N3OS/c1-15-10-3-2-4-11(14-10)16-9-5-6-13-7-8(9)12/h2-7H,12H2,1H3. The minimum atomic E-state index is 0.595. The van der Waals surface area contributed by atoms with Gasteiger partial charge in [0.1, 0.15) is 5.03 Å². The molecule has 2 N–H and O–H groups in total. The van der Waals surface area contributed by atoms with E-state index in [-0.39, 0.29) is 0 Å². The molecule has 2 rings (SSSR count). The molecular weight excluding hydrogens is 222 g/mol. The van der Waals surface area contributed by atoms with Crippen molar-refractivity contribution in [2.45, 2.75) is 9.92 Å². The van der Waals surface area contributed by atoms with E-state index in [9.17, 15) is 0 Å². The fourth-order valence-electron chi connectivity index (χ4n) is 1.17. The minimum absolute atomic E-state index is 0.595. The normalized spacial score (nSPS) is 10.1. The van der Waals surface area contributed by atoms with Crippen LogP contribution in [0.15, 0.2) is 46.6 Å². The molecule has 0 unspecified atom stereocenters. The predicted octanol–water partition coefficient (Wildman–Crippen LogP) is 2.22. The Morgan fingerprint density at radius 2 is 2.19 bits per heavy atom. The fraction of sp³-hybridized carbons (Fsp3) is 0.0909. The topological polar surface area (TPSA) is 61.0 Å². The molecule has 2 aromatic heterocycles. The highest BCUT2D eigenvalue weighted by Crippen LogP contribution is 2.30. The lowest BCUT2D eigenvalue weighted by molar-refractivity contribution is 0.394. The number of nitrogens with two attached hydrogens (primary N) is 1. The van der Waals surface area contributed by atoms with E-state index in [0.29, 0.717) is 11.6 Å². The average Bonchev–Trinajstić information content (AvgIpc) is 2.32. The molecule has 0 radical (unpaired) electrons. The number of hydrogen-bond donors (Lipinski definition) is 1. The molecule has 0 saturated heterocycles. The van der Waals surface area contributed by atoms with Gasteiger partial charge in [-0.2, -0.15) is 0 Å². The van der Waals surface area contributed by atoms with Crippen molar-refractivity contribution in [1.29, 1.82) is 0 Å². The molecule has 0 bridgehead atoms. The third kappa shape index (κ3) is 2.43. The van der Waals surface area contributed by atoms with Gasteiger partial charge in [-0.05, 0) is 12.1 Å². The number of nitrogen functional groups attached to an aromatic ring is 1. The highest BCUT2D eigenvalue weighted by atomic mass is 32.2. The van der Waals surface area contributed by atoms with Crippen LogP contribution in [0.5, 0.6) is 5.88 Å². The summed E-state index contributed by atoms with van der Waals surface area (Å²) >= 11 is 1.49. The van der Waals surface area contributed by atoms with Gasteiger partial charge in [-0.25, -0.2) is 4.98 Å². The van der Waals surface area contributed by atoms with Crippen LogP contribution >= 0.6 is 11.8 Å². The van der Waals surface area contributed by atoms with E-state index in [1.54, 1.807) is 25.6 Å². The SMILES string of the molecule is COc1cccc(Sc2ccncc2N)n1. The van der Waals surface area contributed by atoms with Gasteiger partial charge in [0.05, 0.1) is 19.0 Å². The molecule has 2 heterocycles. The summed E-state index contributed by atoms with van der Waals surface area (Å²) in [6.07, 6.45) is 3.33. The Morgan fingerprint density at radius 1 is 1.31 bits per heavy atom. The molecule has 0 aromatic carbocycles. The zero-order valence-corrected chi connectivity index (χ0v) is 9.57. The Balaban J connectivity index is 2.24.